The molecule has 11 heteroatoms. The van der Waals surface area contributed by atoms with Gasteiger partial charge in [0, 0.05) is 0 Å². The average molecular weight is 737 g/mol. The van der Waals surface area contributed by atoms with Gasteiger partial charge < -0.3 is 0 Å². The number of halogens is 2. The number of hydrogen-bond acceptors (Lipinski definition) is 8. The Kier molecular flexibility index (Phi) is 11.8. The molecule has 0 unspecified atom stereocenters. The first-order valence-electron chi connectivity index (χ1n) is 17.5. The van der Waals surface area contributed by atoms with Crippen molar-refractivity contribution >= 4 is 44.8 Å². The van der Waals surface area contributed by atoms with Crippen molar-refractivity contribution in [1.82, 2.24) is 19.9 Å². The molecular weight excluding hydrogens is 683 g/mol. The summed E-state index contributed by atoms with van der Waals surface area (Å²) >= 11 is -3.25. The van der Waals surface area contributed by atoms with Crippen LogP contribution in [0.25, 0.3) is 10.9 Å². The van der Waals surface area contributed by atoms with E-state index >= 15 is 4.39 Å². The van der Waals surface area contributed by atoms with Crippen LogP contribution < -0.4 is 13.3 Å². The molecule has 3 aliphatic heterocycles. The number of ether oxygens (including phenoxy) is 2. The Labute approximate surface area is 271 Å². The maximum absolute atomic E-state index is 17.1. The Balaban J connectivity index is 1.58. The standard InChI is InChI=1S/C22H26F2N5O3.3C4H9.Sn/c1-14(30)32-16-4-2-6-28(12-16)20-17-9-25-10-18(24)19(17)26-21(27-20)31-13-22-5-3-7-29(22)11-15(23)8-22;3*1-3-4-2;/h9,15-16H,2-8,11-13H2,1H3;3*1,3-4H2,2H3;/t15-,16+,22+;;;;/m1..../s1. The minimum atomic E-state index is -3.25. The van der Waals surface area contributed by atoms with Gasteiger partial charge in [-0.1, -0.05) is 0 Å². The van der Waals surface area contributed by atoms with Gasteiger partial charge in [0.15, 0.2) is 0 Å². The van der Waals surface area contributed by atoms with Crippen molar-refractivity contribution in [2.75, 3.05) is 37.7 Å². The summed E-state index contributed by atoms with van der Waals surface area (Å²) in [6.45, 7) is 10.8. The molecule has 0 saturated carbocycles. The van der Waals surface area contributed by atoms with Crippen molar-refractivity contribution in [2.45, 2.75) is 129 Å². The van der Waals surface area contributed by atoms with Crippen molar-refractivity contribution < 1.29 is 23.0 Å². The first-order chi connectivity index (χ1) is 21.7. The Morgan fingerprint density at radius 2 is 1.76 bits per heavy atom. The Hall–Kier alpha value is -1.82. The third kappa shape index (κ3) is 7.68. The van der Waals surface area contributed by atoms with Crippen LogP contribution in [0.15, 0.2) is 6.20 Å². The fraction of sp³-hybridized carbons (Fsp3) is 0.765. The van der Waals surface area contributed by atoms with E-state index in [4.69, 9.17) is 24.4 Å². The zero-order valence-electron chi connectivity index (χ0n) is 27.9. The van der Waals surface area contributed by atoms with Gasteiger partial charge >= 0.3 is 273 Å². The van der Waals surface area contributed by atoms with Crippen molar-refractivity contribution in [3.05, 3.63) is 12.0 Å². The number of aromatic nitrogens is 3. The van der Waals surface area contributed by atoms with Crippen LogP contribution >= 0.6 is 0 Å². The van der Waals surface area contributed by atoms with E-state index in [-0.39, 0.29) is 41.6 Å². The maximum atomic E-state index is 17.1. The van der Waals surface area contributed by atoms with E-state index < -0.39 is 24.5 Å². The van der Waals surface area contributed by atoms with Gasteiger partial charge in [-0.25, -0.2) is 0 Å². The van der Waals surface area contributed by atoms with E-state index in [9.17, 15) is 9.18 Å². The van der Waals surface area contributed by atoms with E-state index in [1.807, 2.05) is 0 Å². The predicted octanol–water partition coefficient (Wildman–Crippen LogP) is 6.71. The topological polar surface area (TPSA) is 80.7 Å². The van der Waals surface area contributed by atoms with Crippen LogP contribution in [0.2, 0.25) is 13.3 Å². The molecule has 0 spiro atoms. The molecule has 5 heterocycles. The van der Waals surface area contributed by atoms with Crippen molar-refractivity contribution in [1.29, 1.82) is 0 Å². The second-order valence-corrected chi connectivity index (χ2v) is 26.7. The van der Waals surface area contributed by atoms with Crippen LogP contribution in [-0.2, 0) is 9.53 Å². The SMILES string of the molecule is CCC[CH2][Sn]([CH2]CCC)([CH2]CCC)[c]1ncc2c(N3CCC[C@H](OC(C)=O)C3)nc(OC[C@@]34CCCN3C[C@H](F)C4)nc2c1F. The Morgan fingerprint density at radius 1 is 1.04 bits per heavy atom. The van der Waals surface area contributed by atoms with E-state index in [2.05, 4.69) is 30.6 Å². The van der Waals surface area contributed by atoms with Gasteiger partial charge in [0.05, 0.1) is 0 Å². The summed E-state index contributed by atoms with van der Waals surface area (Å²) in [5.41, 5.74) is -0.0898. The summed E-state index contributed by atoms with van der Waals surface area (Å²) in [4.78, 5) is 30.7. The quantitative estimate of drug-likeness (QED) is 0.148. The normalized spacial score (nSPS) is 23.9. The minimum absolute atomic E-state index is 0.128. The molecule has 2 aromatic heterocycles. The van der Waals surface area contributed by atoms with E-state index in [1.54, 1.807) is 6.20 Å². The van der Waals surface area contributed by atoms with Crippen molar-refractivity contribution in [3.63, 3.8) is 0 Å². The number of unbranched alkanes of at least 4 members (excludes halogenated alkanes) is 3. The van der Waals surface area contributed by atoms with E-state index in [0.29, 0.717) is 37.3 Å². The van der Waals surface area contributed by atoms with Crippen LogP contribution in [0.1, 0.15) is 98.3 Å². The van der Waals surface area contributed by atoms with Crippen LogP contribution in [0, 0.1) is 5.82 Å². The van der Waals surface area contributed by atoms with Crippen molar-refractivity contribution in [3.8, 4) is 6.01 Å². The van der Waals surface area contributed by atoms with Gasteiger partial charge in [-0.15, -0.1) is 0 Å². The van der Waals surface area contributed by atoms with Gasteiger partial charge in [0.2, 0.25) is 0 Å². The summed E-state index contributed by atoms with van der Waals surface area (Å²) in [5.74, 6) is -0.0372. The number of nitrogens with zero attached hydrogens (tertiary/aromatic N) is 5. The molecule has 250 valence electrons. The number of rotatable bonds is 15. The summed E-state index contributed by atoms with van der Waals surface area (Å²) in [6, 6.07) is 0.128. The number of alkyl halides is 1. The van der Waals surface area contributed by atoms with Gasteiger partial charge in [-0.05, 0) is 0 Å². The third-order valence-electron chi connectivity index (χ3n) is 10.4. The number of carbonyl (C=O) groups excluding carboxylic acids is 1. The molecule has 0 bridgehead atoms. The number of hydrogen-bond donors (Lipinski definition) is 0. The van der Waals surface area contributed by atoms with Gasteiger partial charge in [0.25, 0.3) is 0 Å². The number of esters is 1. The molecule has 0 aromatic carbocycles. The summed E-state index contributed by atoms with van der Waals surface area (Å²) in [6.07, 6.45) is 11.2. The molecule has 2 aromatic rings. The first kappa shape index (κ1) is 34.5. The van der Waals surface area contributed by atoms with Crippen LogP contribution in [0.5, 0.6) is 6.01 Å². The average Bonchev–Trinajstić information content (AvgIpc) is 3.55. The molecule has 3 atom stereocenters. The molecule has 3 aliphatic rings. The third-order valence-corrected chi connectivity index (χ3v) is 25.5. The van der Waals surface area contributed by atoms with Crippen LogP contribution in [0.4, 0.5) is 14.6 Å². The monoisotopic (exact) mass is 737 g/mol. The van der Waals surface area contributed by atoms with Crippen LogP contribution in [0.3, 0.4) is 0 Å². The Morgan fingerprint density at radius 3 is 2.42 bits per heavy atom. The molecule has 3 saturated heterocycles. The number of fused-ring (bicyclic) bond motifs is 2. The number of carbonyl (C=O) groups is 1. The van der Waals surface area contributed by atoms with E-state index in [1.165, 1.54) is 6.92 Å². The zero-order chi connectivity index (χ0) is 32.0. The molecule has 8 nitrogen and oxygen atoms in total. The fourth-order valence-electron chi connectivity index (χ4n) is 8.08. The Bertz CT molecular complexity index is 1300. The summed E-state index contributed by atoms with van der Waals surface area (Å²) in [5, 5.41) is 0.569. The second-order valence-electron chi connectivity index (χ2n) is 13.8. The molecular formula is C34H53F2N5O3Sn. The number of piperidine rings is 1. The van der Waals surface area contributed by atoms with Gasteiger partial charge in [-0.2, -0.15) is 0 Å². The molecule has 0 N–H and O–H groups in total. The fourth-order valence-corrected chi connectivity index (χ4v) is 23.7. The van der Waals surface area contributed by atoms with E-state index in [0.717, 1.165) is 87.8 Å². The summed E-state index contributed by atoms with van der Waals surface area (Å²) in [7, 11) is 0. The predicted molar refractivity (Wildman–Crippen MR) is 177 cm³/mol. The van der Waals surface area contributed by atoms with Gasteiger partial charge in [-0.3, -0.25) is 0 Å². The van der Waals surface area contributed by atoms with Gasteiger partial charge in [0.1, 0.15) is 0 Å². The van der Waals surface area contributed by atoms with Crippen molar-refractivity contribution in [2.24, 2.45) is 0 Å². The molecule has 0 aliphatic carbocycles. The summed E-state index contributed by atoms with van der Waals surface area (Å²) < 4.78 is 47.6. The van der Waals surface area contributed by atoms with Crippen LogP contribution in [-0.4, -0.2) is 94.8 Å². The number of anilines is 1. The molecule has 0 amide bonds. The number of pyridine rings is 1. The molecule has 5 rings (SSSR count). The first-order valence-corrected chi connectivity index (χ1v) is 25.0. The molecule has 45 heavy (non-hydrogen) atoms. The second kappa shape index (κ2) is 15.4. The molecule has 0 radical (unpaired) electrons. The molecule has 3 fully saturated rings. The zero-order valence-corrected chi connectivity index (χ0v) is 30.7.